The predicted molar refractivity (Wildman–Crippen MR) is 51.5 cm³/mol. The quantitative estimate of drug-likeness (QED) is 0.566. The number of halogens is 2. The van der Waals surface area contributed by atoms with E-state index < -0.39 is 0 Å². The molecule has 1 aliphatic rings. The van der Waals surface area contributed by atoms with E-state index >= 15 is 0 Å². The lowest BCUT2D eigenvalue weighted by molar-refractivity contribution is 0.957. The zero-order valence-electron chi connectivity index (χ0n) is 6.59. The van der Waals surface area contributed by atoms with Crippen molar-refractivity contribution in [3.05, 3.63) is 22.2 Å². The molecule has 0 atom stereocenters. The van der Waals surface area contributed by atoms with Crippen LogP contribution in [0, 0.1) is 0 Å². The minimum absolute atomic E-state index is 0.138. The van der Waals surface area contributed by atoms with Gasteiger partial charge in [-0.3, -0.25) is 4.99 Å². The summed E-state index contributed by atoms with van der Waals surface area (Å²) in [5, 5.41) is 3.53. The molecule has 0 aromatic carbocycles. The maximum absolute atomic E-state index is 5.71. The molecule has 0 fully saturated rings. The third-order valence-electron chi connectivity index (χ3n) is 1.58. The number of aliphatic imine (C=N–C) groups is 1. The monoisotopic (exact) mass is 216 g/mol. The van der Waals surface area contributed by atoms with Crippen LogP contribution in [0.25, 0.3) is 0 Å². The van der Waals surface area contributed by atoms with E-state index in [1.807, 2.05) is 0 Å². The molecule has 6 heteroatoms. The maximum Gasteiger partial charge on any atom is 0.224 e. The van der Waals surface area contributed by atoms with Crippen molar-refractivity contribution in [2.45, 2.75) is 0 Å². The fourth-order valence-electron chi connectivity index (χ4n) is 1.08. The van der Waals surface area contributed by atoms with Gasteiger partial charge < -0.3 is 5.32 Å². The minimum atomic E-state index is 0.138. The van der Waals surface area contributed by atoms with Crippen molar-refractivity contribution >= 4 is 29.0 Å². The van der Waals surface area contributed by atoms with Crippen LogP contribution in [0.3, 0.4) is 0 Å². The van der Waals surface area contributed by atoms with Crippen LogP contribution in [0.4, 0.5) is 0 Å². The van der Waals surface area contributed by atoms with Gasteiger partial charge in [-0.25, -0.2) is 9.97 Å². The number of nitrogens with one attached hydrogen (secondary N) is 1. The molecule has 0 saturated heterocycles. The van der Waals surface area contributed by atoms with Crippen molar-refractivity contribution in [3.8, 4) is 0 Å². The Balaban J connectivity index is 2.39. The van der Waals surface area contributed by atoms with E-state index in [4.69, 9.17) is 23.2 Å². The largest absolute Gasteiger partial charge is 0.367 e. The number of aromatic nitrogens is 2. The molecule has 1 aliphatic heterocycles. The van der Waals surface area contributed by atoms with Crippen LogP contribution in [-0.4, -0.2) is 28.9 Å². The summed E-state index contributed by atoms with van der Waals surface area (Å²) >= 11 is 11.3. The molecule has 0 bridgehead atoms. The highest BCUT2D eigenvalue weighted by Crippen LogP contribution is 2.11. The Morgan fingerprint density at radius 2 is 2.15 bits per heavy atom. The summed E-state index contributed by atoms with van der Waals surface area (Å²) in [6, 6.07) is 1.63. The van der Waals surface area contributed by atoms with Gasteiger partial charge in [0.05, 0.1) is 6.54 Å². The van der Waals surface area contributed by atoms with Gasteiger partial charge in [-0.2, -0.15) is 0 Å². The van der Waals surface area contributed by atoms with Crippen LogP contribution in [-0.2, 0) is 0 Å². The van der Waals surface area contributed by atoms with Crippen LogP contribution in [0.2, 0.25) is 10.4 Å². The van der Waals surface area contributed by atoms with Crippen molar-refractivity contribution in [2.24, 2.45) is 4.99 Å². The zero-order valence-corrected chi connectivity index (χ0v) is 8.10. The van der Waals surface area contributed by atoms with E-state index in [-0.39, 0.29) is 5.28 Å². The minimum Gasteiger partial charge on any atom is -0.367 e. The van der Waals surface area contributed by atoms with Crippen LogP contribution in [0.1, 0.15) is 5.69 Å². The van der Waals surface area contributed by atoms with Gasteiger partial charge in [0.15, 0.2) is 0 Å². The molecular formula is C7H6Cl2N4. The van der Waals surface area contributed by atoms with E-state index in [1.54, 1.807) is 6.07 Å². The number of amidine groups is 1. The van der Waals surface area contributed by atoms with E-state index in [0.717, 1.165) is 18.9 Å². The molecule has 0 amide bonds. The predicted octanol–water partition coefficient (Wildman–Crippen LogP) is 1.13. The molecule has 1 aromatic heterocycles. The van der Waals surface area contributed by atoms with Gasteiger partial charge in [-0.15, -0.1) is 0 Å². The van der Waals surface area contributed by atoms with Gasteiger partial charge in [0.1, 0.15) is 16.7 Å². The summed E-state index contributed by atoms with van der Waals surface area (Å²) in [6.07, 6.45) is 0. The Morgan fingerprint density at radius 1 is 1.31 bits per heavy atom. The Bertz CT molecular complexity index is 343. The summed E-state index contributed by atoms with van der Waals surface area (Å²) in [5.41, 5.74) is 0.641. The summed E-state index contributed by atoms with van der Waals surface area (Å²) in [7, 11) is 0. The zero-order chi connectivity index (χ0) is 9.26. The van der Waals surface area contributed by atoms with E-state index in [2.05, 4.69) is 20.3 Å². The molecule has 68 valence electrons. The first kappa shape index (κ1) is 8.72. The van der Waals surface area contributed by atoms with Gasteiger partial charge in [-0.05, 0) is 11.6 Å². The first-order chi connectivity index (χ1) is 6.25. The molecule has 2 heterocycles. The van der Waals surface area contributed by atoms with Crippen LogP contribution < -0.4 is 5.32 Å². The Hall–Kier alpha value is -0.870. The lowest BCUT2D eigenvalue weighted by atomic mass is 10.4. The number of nitrogens with zero attached hydrogens (tertiary/aromatic N) is 3. The van der Waals surface area contributed by atoms with Gasteiger partial charge in [0.2, 0.25) is 5.28 Å². The smallest absolute Gasteiger partial charge is 0.224 e. The fourth-order valence-corrected chi connectivity index (χ4v) is 1.49. The van der Waals surface area contributed by atoms with Gasteiger partial charge in [0, 0.05) is 12.6 Å². The van der Waals surface area contributed by atoms with Crippen molar-refractivity contribution in [2.75, 3.05) is 13.1 Å². The van der Waals surface area contributed by atoms with E-state index in [0.29, 0.717) is 10.8 Å². The molecule has 4 nitrogen and oxygen atoms in total. The maximum atomic E-state index is 5.71. The van der Waals surface area contributed by atoms with Crippen molar-refractivity contribution < 1.29 is 0 Å². The molecule has 2 rings (SSSR count). The highest BCUT2D eigenvalue weighted by atomic mass is 35.5. The van der Waals surface area contributed by atoms with Gasteiger partial charge in [-0.1, -0.05) is 11.6 Å². The van der Waals surface area contributed by atoms with Crippen molar-refractivity contribution in [1.82, 2.24) is 15.3 Å². The molecule has 0 spiro atoms. The highest BCUT2D eigenvalue weighted by Gasteiger charge is 2.11. The van der Waals surface area contributed by atoms with E-state index in [1.165, 1.54) is 0 Å². The van der Waals surface area contributed by atoms with Crippen LogP contribution in [0.5, 0.6) is 0 Å². The average molecular weight is 217 g/mol. The van der Waals surface area contributed by atoms with Crippen LogP contribution >= 0.6 is 23.2 Å². The SMILES string of the molecule is Clc1cc(C2=NCCN2)nc(Cl)n1. The molecule has 0 aliphatic carbocycles. The third-order valence-corrected chi connectivity index (χ3v) is 1.95. The second-order valence-electron chi connectivity index (χ2n) is 2.50. The van der Waals surface area contributed by atoms with Crippen LogP contribution in [0.15, 0.2) is 11.1 Å². The molecule has 0 unspecified atom stereocenters. The highest BCUT2D eigenvalue weighted by molar-refractivity contribution is 6.32. The summed E-state index contributed by atoms with van der Waals surface area (Å²) in [5.74, 6) is 0.728. The molecular weight excluding hydrogens is 211 g/mol. The fraction of sp³-hybridized carbons (Fsp3) is 0.286. The number of rotatable bonds is 1. The normalized spacial score (nSPS) is 15.4. The standard InChI is InChI=1S/C7H6Cl2N4/c8-5-3-4(12-7(9)13-5)6-10-1-2-11-6/h3H,1-2H2,(H,10,11). The average Bonchev–Trinajstić information content (AvgIpc) is 2.53. The second-order valence-corrected chi connectivity index (χ2v) is 3.23. The van der Waals surface area contributed by atoms with E-state index in [9.17, 15) is 0 Å². The lowest BCUT2D eigenvalue weighted by Crippen LogP contribution is -2.20. The topological polar surface area (TPSA) is 50.2 Å². The summed E-state index contributed by atoms with van der Waals surface area (Å²) in [4.78, 5) is 11.9. The van der Waals surface area contributed by atoms with Gasteiger partial charge >= 0.3 is 0 Å². The van der Waals surface area contributed by atoms with Crippen molar-refractivity contribution in [1.29, 1.82) is 0 Å². The molecule has 1 N–H and O–H groups in total. The Morgan fingerprint density at radius 3 is 2.77 bits per heavy atom. The first-order valence-corrected chi connectivity index (χ1v) is 4.50. The summed E-state index contributed by atoms with van der Waals surface area (Å²) < 4.78 is 0. The third kappa shape index (κ3) is 1.89. The second kappa shape index (κ2) is 3.47. The number of hydrogen-bond donors (Lipinski definition) is 1. The molecule has 13 heavy (non-hydrogen) atoms. The Kier molecular flexibility index (Phi) is 2.33. The first-order valence-electron chi connectivity index (χ1n) is 3.74. The summed E-state index contributed by atoms with van der Waals surface area (Å²) in [6.45, 7) is 1.59. The molecule has 0 radical (unpaired) electrons. The van der Waals surface area contributed by atoms with Crippen molar-refractivity contribution in [3.63, 3.8) is 0 Å². The number of hydrogen-bond acceptors (Lipinski definition) is 4. The van der Waals surface area contributed by atoms with Gasteiger partial charge in [0.25, 0.3) is 0 Å². The molecule has 1 aromatic rings. The molecule has 0 saturated carbocycles. The Labute approximate surface area is 85.0 Å². The lowest BCUT2D eigenvalue weighted by Gasteiger charge is -2.01.